The highest BCUT2D eigenvalue weighted by Gasteiger charge is 2.42. The molecule has 5 nitrogen and oxygen atoms in total. The highest BCUT2D eigenvalue weighted by atomic mass is 16.5. The maximum absolute atomic E-state index is 6.06. The van der Waals surface area contributed by atoms with Crippen molar-refractivity contribution in [3.8, 4) is 17.2 Å². The summed E-state index contributed by atoms with van der Waals surface area (Å²) in [4.78, 5) is 0. The van der Waals surface area contributed by atoms with Crippen molar-refractivity contribution in [3.63, 3.8) is 0 Å². The van der Waals surface area contributed by atoms with Crippen molar-refractivity contribution in [1.29, 1.82) is 0 Å². The van der Waals surface area contributed by atoms with E-state index < -0.39 is 0 Å². The minimum absolute atomic E-state index is 0.171. The predicted molar refractivity (Wildman–Crippen MR) is 88.6 cm³/mol. The Morgan fingerprint density at radius 1 is 1.17 bits per heavy atom. The topological polar surface area (TPSA) is 49.0 Å². The third kappa shape index (κ3) is 3.72. The molecule has 1 aromatic carbocycles. The Morgan fingerprint density at radius 2 is 1.87 bits per heavy atom. The molecule has 0 amide bonds. The normalized spacial score (nSPS) is 22.4. The van der Waals surface area contributed by atoms with Crippen LogP contribution < -0.4 is 19.5 Å². The number of ether oxygens (including phenoxy) is 4. The Hall–Kier alpha value is -1.46. The van der Waals surface area contributed by atoms with Gasteiger partial charge in [-0.3, -0.25) is 0 Å². The van der Waals surface area contributed by atoms with E-state index in [2.05, 4.69) is 5.32 Å². The fourth-order valence-corrected chi connectivity index (χ4v) is 3.72. The summed E-state index contributed by atoms with van der Waals surface area (Å²) in [5.41, 5.74) is 0.171. The molecule has 5 heteroatoms. The van der Waals surface area contributed by atoms with Crippen LogP contribution in [-0.4, -0.2) is 45.6 Å². The summed E-state index contributed by atoms with van der Waals surface area (Å²) < 4.78 is 22.6. The summed E-state index contributed by atoms with van der Waals surface area (Å²) in [5.74, 6) is 2.05. The highest BCUT2D eigenvalue weighted by Crippen LogP contribution is 2.41. The van der Waals surface area contributed by atoms with Crippen LogP contribution in [0.3, 0.4) is 0 Å². The first kappa shape index (κ1) is 16.4. The molecule has 0 bridgehead atoms. The van der Waals surface area contributed by atoms with E-state index >= 15 is 0 Å². The Kier molecular flexibility index (Phi) is 5.28. The fraction of sp³-hybridized carbons (Fsp3) is 0.667. The van der Waals surface area contributed by atoms with Crippen molar-refractivity contribution in [2.75, 3.05) is 34.0 Å². The van der Waals surface area contributed by atoms with Gasteiger partial charge in [0.05, 0.1) is 26.4 Å². The van der Waals surface area contributed by atoms with Gasteiger partial charge in [0.2, 0.25) is 5.75 Å². The van der Waals surface area contributed by atoms with Gasteiger partial charge in [-0.25, -0.2) is 0 Å². The summed E-state index contributed by atoms with van der Waals surface area (Å²) in [5, 5.41) is 3.55. The zero-order chi connectivity index (χ0) is 16.1. The molecule has 1 heterocycles. The SMILES string of the molecule is COc1cccc(OC)c1OCCN[C@@H]1COC2(CCCC2)C1. The van der Waals surface area contributed by atoms with Crippen molar-refractivity contribution in [2.24, 2.45) is 0 Å². The van der Waals surface area contributed by atoms with Gasteiger partial charge in [0, 0.05) is 12.6 Å². The molecule has 1 aliphatic carbocycles. The molecular formula is C18H27NO4. The summed E-state index contributed by atoms with van der Waals surface area (Å²) in [6, 6.07) is 6.08. The second kappa shape index (κ2) is 7.41. The first-order valence-corrected chi connectivity index (χ1v) is 8.47. The molecular weight excluding hydrogens is 294 g/mol. The smallest absolute Gasteiger partial charge is 0.203 e. The summed E-state index contributed by atoms with van der Waals surface area (Å²) in [7, 11) is 3.27. The Morgan fingerprint density at radius 3 is 2.52 bits per heavy atom. The van der Waals surface area contributed by atoms with Crippen LogP contribution in [0, 0.1) is 0 Å². The number of benzene rings is 1. The average molecular weight is 321 g/mol. The van der Waals surface area contributed by atoms with Crippen LogP contribution in [0.15, 0.2) is 18.2 Å². The first-order chi connectivity index (χ1) is 11.3. The van der Waals surface area contributed by atoms with Gasteiger partial charge in [-0.2, -0.15) is 0 Å². The Labute approximate surface area is 138 Å². The molecule has 2 fully saturated rings. The second-order valence-electron chi connectivity index (χ2n) is 6.40. The third-order valence-electron chi connectivity index (χ3n) is 4.89. The van der Waals surface area contributed by atoms with E-state index in [1.807, 2.05) is 18.2 Å². The number of para-hydroxylation sites is 1. The molecule has 1 aliphatic heterocycles. The average Bonchev–Trinajstić information content (AvgIpc) is 3.21. The lowest BCUT2D eigenvalue weighted by molar-refractivity contribution is 0.00989. The minimum atomic E-state index is 0.171. The molecule has 0 aromatic heterocycles. The molecule has 1 aromatic rings. The molecule has 128 valence electrons. The van der Waals surface area contributed by atoms with Crippen molar-refractivity contribution in [1.82, 2.24) is 5.32 Å². The number of nitrogens with one attached hydrogen (secondary N) is 1. The zero-order valence-electron chi connectivity index (χ0n) is 14.1. The molecule has 1 atom stereocenters. The van der Waals surface area contributed by atoms with E-state index in [1.54, 1.807) is 14.2 Å². The summed E-state index contributed by atoms with van der Waals surface area (Å²) in [6.07, 6.45) is 6.19. The van der Waals surface area contributed by atoms with Crippen molar-refractivity contribution >= 4 is 0 Å². The van der Waals surface area contributed by atoms with Gasteiger partial charge in [0.25, 0.3) is 0 Å². The second-order valence-corrected chi connectivity index (χ2v) is 6.40. The van der Waals surface area contributed by atoms with Gasteiger partial charge in [0.1, 0.15) is 6.61 Å². The monoisotopic (exact) mass is 321 g/mol. The quantitative estimate of drug-likeness (QED) is 0.783. The number of hydrogen-bond acceptors (Lipinski definition) is 5. The molecule has 0 unspecified atom stereocenters. The van der Waals surface area contributed by atoms with Gasteiger partial charge in [-0.05, 0) is 31.4 Å². The van der Waals surface area contributed by atoms with Gasteiger partial charge in [-0.1, -0.05) is 18.9 Å². The lowest BCUT2D eigenvalue weighted by Gasteiger charge is -2.21. The van der Waals surface area contributed by atoms with E-state index in [0.717, 1.165) is 19.6 Å². The van der Waals surface area contributed by atoms with Crippen LogP contribution in [0.1, 0.15) is 32.1 Å². The van der Waals surface area contributed by atoms with Crippen LogP contribution in [-0.2, 0) is 4.74 Å². The molecule has 1 N–H and O–H groups in total. The van der Waals surface area contributed by atoms with Crippen LogP contribution in [0.25, 0.3) is 0 Å². The fourth-order valence-electron chi connectivity index (χ4n) is 3.72. The number of rotatable bonds is 7. The molecule has 1 saturated heterocycles. The van der Waals surface area contributed by atoms with Gasteiger partial charge in [0.15, 0.2) is 11.5 Å². The standard InChI is InChI=1S/C18H27NO4/c1-20-15-6-5-7-16(21-2)17(15)22-11-10-19-14-12-18(23-13-14)8-3-4-9-18/h5-7,14,19H,3-4,8-13H2,1-2H3/t14-/m0/s1. The zero-order valence-corrected chi connectivity index (χ0v) is 14.1. The van der Waals surface area contributed by atoms with Gasteiger partial charge in [-0.15, -0.1) is 0 Å². The van der Waals surface area contributed by atoms with E-state index in [1.165, 1.54) is 25.7 Å². The van der Waals surface area contributed by atoms with E-state index in [0.29, 0.717) is 29.9 Å². The van der Waals surface area contributed by atoms with Gasteiger partial charge < -0.3 is 24.3 Å². The lowest BCUT2D eigenvalue weighted by Crippen LogP contribution is -2.34. The van der Waals surface area contributed by atoms with Crippen LogP contribution >= 0.6 is 0 Å². The predicted octanol–water partition coefficient (Wildman–Crippen LogP) is 2.77. The Bertz CT molecular complexity index is 491. The summed E-state index contributed by atoms with van der Waals surface area (Å²) in [6.45, 7) is 2.17. The van der Waals surface area contributed by atoms with Crippen molar-refractivity contribution in [2.45, 2.75) is 43.7 Å². The molecule has 2 aliphatic rings. The van der Waals surface area contributed by atoms with Crippen molar-refractivity contribution in [3.05, 3.63) is 18.2 Å². The Balaban J connectivity index is 1.45. The lowest BCUT2D eigenvalue weighted by atomic mass is 9.96. The minimum Gasteiger partial charge on any atom is -0.493 e. The van der Waals surface area contributed by atoms with E-state index in [4.69, 9.17) is 18.9 Å². The molecule has 3 rings (SSSR count). The van der Waals surface area contributed by atoms with E-state index in [9.17, 15) is 0 Å². The van der Waals surface area contributed by atoms with Crippen molar-refractivity contribution < 1.29 is 18.9 Å². The highest BCUT2D eigenvalue weighted by molar-refractivity contribution is 5.51. The van der Waals surface area contributed by atoms with Crippen LogP contribution in [0.4, 0.5) is 0 Å². The van der Waals surface area contributed by atoms with Gasteiger partial charge >= 0.3 is 0 Å². The largest absolute Gasteiger partial charge is 0.493 e. The maximum atomic E-state index is 6.06. The molecule has 0 radical (unpaired) electrons. The van der Waals surface area contributed by atoms with E-state index in [-0.39, 0.29) is 5.60 Å². The first-order valence-electron chi connectivity index (χ1n) is 8.47. The van der Waals surface area contributed by atoms with Crippen LogP contribution in [0.2, 0.25) is 0 Å². The van der Waals surface area contributed by atoms with Crippen LogP contribution in [0.5, 0.6) is 17.2 Å². The maximum Gasteiger partial charge on any atom is 0.203 e. The third-order valence-corrected chi connectivity index (χ3v) is 4.89. The number of hydrogen-bond donors (Lipinski definition) is 1. The molecule has 23 heavy (non-hydrogen) atoms. The molecule has 1 saturated carbocycles. The molecule has 1 spiro atoms. The summed E-state index contributed by atoms with van der Waals surface area (Å²) >= 11 is 0. The number of methoxy groups -OCH3 is 2.